The second-order valence-electron chi connectivity index (χ2n) is 4.29. The van der Waals surface area contributed by atoms with Crippen molar-refractivity contribution in [3.05, 3.63) is 22.8 Å². The van der Waals surface area contributed by atoms with Gasteiger partial charge in [-0.25, -0.2) is 0 Å². The summed E-state index contributed by atoms with van der Waals surface area (Å²) in [5, 5.41) is 7.27. The fourth-order valence-electron chi connectivity index (χ4n) is 2.28. The summed E-state index contributed by atoms with van der Waals surface area (Å²) < 4.78 is 11.2. The molecule has 0 saturated heterocycles. The van der Waals surface area contributed by atoms with Gasteiger partial charge in [0.25, 0.3) is 0 Å². The molecule has 6 heteroatoms. The zero-order chi connectivity index (χ0) is 13.4. The van der Waals surface area contributed by atoms with Crippen LogP contribution in [0.25, 0.3) is 11.1 Å². The van der Waals surface area contributed by atoms with E-state index in [4.69, 9.17) is 26.8 Å². The molecule has 1 aliphatic rings. The Hall–Kier alpha value is -1.88. The summed E-state index contributed by atoms with van der Waals surface area (Å²) in [6.45, 7) is 3.08. The van der Waals surface area contributed by atoms with E-state index in [1.807, 2.05) is 13.0 Å². The lowest BCUT2D eigenvalue weighted by atomic mass is 9.98. The predicted molar refractivity (Wildman–Crippen MR) is 73.8 cm³/mol. The van der Waals surface area contributed by atoms with Crippen molar-refractivity contribution in [1.82, 2.24) is 10.2 Å². The van der Waals surface area contributed by atoms with Crippen molar-refractivity contribution in [2.45, 2.75) is 13.3 Å². The number of nitrogens with one attached hydrogen (secondary N) is 1. The Labute approximate surface area is 115 Å². The maximum Gasteiger partial charge on any atom is 0.180 e. The molecule has 1 aromatic heterocycles. The molecule has 0 unspecified atom stereocenters. The first-order valence-corrected chi connectivity index (χ1v) is 6.50. The second-order valence-corrected chi connectivity index (χ2v) is 4.67. The number of anilines is 1. The van der Waals surface area contributed by atoms with E-state index in [1.54, 1.807) is 6.20 Å². The Morgan fingerprint density at radius 1 is 1.37 bits per heavy atom. The van der Waals surface area contributed by atoms with Crippen molar-refractivity contribution in [3.63, 3.8) is 0 Å². The van der Waals surface area contributed by atoms with Crippen LogP contribution in [-0.4, -0.2) is 23.4 Å². The van der Waals surface area contributed by atoms with Gasteiger partial charge in [-0.15, -0.1) is 0 Å². The normalized spacial score (nSPS) is 13.6. The molecule has 0 amide bonds. The molecule has 5 nitrogen and oxygen atoms in total. The molecule has 1 aromatic carbocycles. The summed E-state index contributed by atoms with van der Waals surface area (Å²) in [4.78, 5) is 0. The van der Waals surface area contributed by atoms with Gasteiger partial charge in [-0.1, -0.05) is 18.5 Å². The zero-order valence-electron chi connectivity index (χ0n) is 10.5. The molecule has 0 bridgehead atoms. The number of aromatic nitrogens is 2. The Morgan fingerprint density at radius 2 is 2.16 bits per heavy atom. The Morgan fingerprint density at radius 3 is 2.84 bits per heavy atom. The number of rotatable bonds is 2. The van der Waals surface area contributed by atoms with Crippen molar-refractivity contribution in [1.29, 1.82) is 0 Å². The first-order chi connectivity index (χ1) is 9.22. The summed E-state index contributed by atoms with van der Waals surface area (Å²) in [5.41, 5.74) is 8.64. The topological polar surface area (TPSA) is 73.2 Å². The quantitative estimate of drug-likeness (QED) is 0.886. The monoisotopic (exact) mass is 279 g/mol. The van der Waals surface area contributed by atoms with E-state index in [-0.39, 0.29) is 0 Å². The molecule has 3 N–H and O–H groups in total. The lowest BCUT2D eigenvalue weighted by Crippen LogP contribution is -2.16. The number of hydrogen-bond acceptors (Lipinski definition) is 4. The highest BCUT2D eigenvalue weighted by molar-refractivity contribution is 6.33. The highest BCUT2D eigenvalue weighted by atomic mass is 35.5. The number of halogens is 1. The minimum Gasteiger partial charge on any atom is -0.486 e. The molecule has 3 rings (SSSR count). The van der Waals surface area contributed by atoms with Crippen LogP contribution in [0.4, 0.5) is 5.82 Å². The van der Waals surface area contributed by atoms with Crippen LogP contribution in [0.2, 0.25) is 5.02 Å². The summed E-state index contributed by atoms with van der Waals surface area (Å²) in [6.07, 6.45) is 2.46. The number of nitrogens with zero attached hydrogens (tertiary/aromatic N) is 1. The minimum atomic E-state index is 0.516. The van der Waals surface area contributed by atoms with Crippen molar-refractivity contribution in [2.24, 2.45) is 0 Å². The highest BCUT2D eigenvalue weighted by Crippen LogP contribution is 2.45. The van der Waals surface area contributed by atoms with Crippen molar-refractivity contribution >= 4 is 17.4 Å². The van der Waals surface area contributed by atoms with E-state index >= 15 is 0 Å². The number of nitrogens with two attached hydrogens (primary N) is 1. The third-order valence-electron chi connectivity index (χ3n) is 3.19. The first-order valence-electron chi connectivity index (χ1n) is 6.12. The molecule has 0 aliphatic carbocycles. The van der Waals surface area contributed by atoms with Gasteiger partial charge >= 0.3 is 0 Å². The van der Waals surface area contributed by atoms with E-state index in [1.165, 1.54) is 0 Å². The van der Waals surface area contributed by atoms with Gasteiger partial charge in [0.1, 0.15) is 19.0 Å². The third kappa shape index (κ3) is 1.90. The summed E-state index contributed by atoms with van der Waals surface area (Å²) in [6, 6.07) is 1.92. The average molecular weight is 280 g/mol. The fourth-order valence-corrected chi connectivity index (χ4v) is 2.66. The van der Waals surface area contributed by atoms with E-state index in [2.05, 4.69) is 10.2 Å². The van der Waals surface area contributed by atoms with Crippen LogP contribution >= 0.6 is 11.6 Å². The van der Waals surface area contributed by atoms with E-state index in [0.717, 1.165) is 23.1 Å². The van der Waals surface area contributed by atoms with Gasteiger partial charge in [0.15, 0.2) is 11.5 Å². The van der Waals surface area contributed by atoms with Crippen molar-refractivity contribution in [3.8, 4) is 22.6 Å². The van der Waals surface area contributed by atoms with Gasteiger partial charge in [0, 0.05) is 5.56 Å². The lowest BCUT2D eigenvalue weighted by Gasteiger charge is -2.22. The van der Waals surface area contributed by atoms with E-state index in [0.29, 0.717) is 35.6 Å². The number of ether oxygens (including phenoxy) is 2. The maximum atomic E-state index is 6.42. The molecule has 19 heavy (non-hydrogen) atoms. The van der Waals surface area contributed by atoms with Gasteiger partial charge in [-0.3, -0.25) is 5.10 Å². The zero-order valence-corrected chi connectivity index (χ0v) is 11.3. The summed E-state index contributed by atoms with van der Waals surface area (Å²) in [5.74, 6) is 1.79. The van der Waals surface area contributed by atoms with Gasteiger partial charge < -0.3 is 15.2 Å². The molecular weight excluding hydrogens is 266 g/mol. The minimum absolute atomic E-state index is 0.516. The summed E-state index contributed by atoms with van der Waals surface area (Å²) >= 11 is 6.42. The lowest BCUT2D eigenvalue weighted by molar-refractivity contribution is 0.171. The van der Waals surface area contributed by atoms with Crippen LogP contribution in [0.3, 0.4) is 0 Å². The Kier molecular flexibility index (Phi) is 2.98. The average Bonchev–Trinajstić information content (AvgIpc) is 2.85. The predicted octanol–water partition coefficient (Wildman–Crippen LogP) is 2.65. The number of aromatic amines is 1. The molecule has 0 saturated carbocycles. The van der Waals surface area contributed by atoms with Crippen LogP contribution in [0.1, 0.15) is 12.5 Å². The van der Waals surface area contributed by atoms with Crippen LogP contribution in [0.5, 0.6) is 11.5 Å². The number of hydrogen-bond donors (Lipinski definition) is 2. The third-order valence-corrected chi connectivity index (χ3v) is 3.59. The van der Waals surface area contributed by atoms with Crippen LogP contribution < -0.4 is 15.2 Å². The molecule has 0 radical (unpaired) electrons. The largest absolute Gasteiger partial charge is 0.486 e. The van der Waals surface area contributed by atoms with E-state index in [9.17, 15) is 0 Å². The van der Waals surface area contributed by atoms with Crippen LogP contribution in [-0.2, 0) is 6.42 Å². The molecule has 2 aromatic rings. The van der Waals surface area contributed by atoms with Crippen LogP contribution in [0, 0.1) is 0 Å². The Bertz CT molecular complexity index is 625. The number of fused-ring (bicyclic) bond motifs is 1. The molecule has 0 spiro atoms. The molecule has 0 fully saturated rings. The highest BCUT2D eigenvalue weighted by Gasteiger charge is 2.22. The molecular formula is C13H14ClN3O2. The van der Waals surface area contributed by atoms with E-state index < -0.39 is 0 Å². The molecule has 0 atom stereocenters. The molecule has 100 valence electrons. The van der Waals surface area contributed by atoms with Gasteiger partial charge in [0.2, 0.25) is 0 Å². The van der Waals surface area contributed by atoms with Crippen molar-refractivity contribution < 1.29 is 9.47 Å². The van der Waals surface area contributed by atoms with Crippen LogP contribution in [0.15, 0.2) is 12.3 Å². The first kappa shape index (κ1) is 12.2. The standard InChI is InChI=1S/C13H14ClN3O2/c1-2-7-8(9-6-16-17-13(9)15)5-10-12(11(7)14)19-4-3-18-10/h5-6H,2-4H2,1H3,(H3,15,16,17). The van der Waals surface area contributed by atoms with Gasteiger partial charge in [-0.2, -0.15) is 5.10 Å². The van der Waals surface area contributed by atoms with Crippen molar-refractivity contribution in [2.75, 3.05) is 18.9 Å². The SMILES string of the molecule is CCc1c(-c2cn[nH]c2N)cc2c(c1Cl)OCCO2. The molecule has 1 aliphatic heterocycles. The maximum absolute atomic E-state index is 6.42. The number of H-pyrrole nitrogens is 1. The summed E-state index contributed by atoms with van der Waals surface area (Å²) in [7, 11) is 0. The number of benzene rings is 1. The fraction of sp³-hybridized carbons (Fsp3) is 0.308. The van der Waals surface area contributed by atoms with Gasteiger partial charge in [0.05, 0.1) is 11.2 Å². The molecule has 2 heterocycles. The number of nitrogen functional groups attached to an aromatic ring is 1. The second kappa shape index (κ2) is 4.66. The smallest absolute Gasteiger partial charge is 0.180 e. The Balaban J connectivity index is 2.24. The van der Waals surface area contributed by atoms with Gasteiger partial charge in [-0.05, 0) is 23.6 Å².